The average Bonchev–Trinajstić information content (AvgIpc) is 2.37. The van der Waals surface area contributed by atoms with Crippen LogP contribution in [0.3, 0.4) is 0 Å². The maximum Gasteiger partial charge on any atom is 0.0462 e. The van der Waals surface area contributed by atoms with Crippen LogP contribution in [0.25, 0.3) is 0 Å². The molecular formula is C15H31NO. The van der Waals surface area contributed by atoms with Gasteiger partial charge in [0.25, 0.3) is 0 Å². The highest BCUT2D eigenvalue weighted by atomic mass is 16.5. The lowest BCUT2D eigenvalue weighted by Crippen LogP contribution is -2.41. The predicted octanol–water partition coefficient (Wildman–Crippen LogP) is 3.61. The van der Waals surface area contributed by atoms with Crippen molar-refractivity contribution in [1.82, 2.24) is 5.32 Å². The standard InChI is InChI=1S/C15H31NO/c1-4-10-16-15-9-8-13(5-2)12-14(15)7-6-11-17-3/h13-16H,4-12H2,1-3H3. The predicted molar refractivity (Wildman–Crippen MR) is 74.3 cm³/mol. The molecule has 0 spiro atoms. The molecule has 17 heavy (non-hydrogen) atoms. The minimum atomic E-state index is 0.773. The van der Waals surface area contributed by atoms with Gasteiger partial charge in [0, 0.05) is 19.8 Å². The smallest absolute Gasteiger partial charge is 0.0462 e. The van der Waals surface area contributed by atoms with Gasteiger partial charge in [0.05, 0.1) is 0 Å². The third-order valence-corrected chi connectivity index (χ3v) is 4.25. The first-order valence-electron chi connectivity index (χ1n) is 7.54. The van der Waals surface area contributed by atoms with Gasteiger partial charge in [-0.3, -0.25) is 0 Å². The molecule has 1 aliphatic rings. The van der Waals surface area contributed by atoms with Crippen LogP contribution in [-0.2, 0) is 4.74 Å². The van der Waals surface area contributed by atoms with E-state index in [4.69, 9.17) is 4.74 Å². The Balaban J connectivity index is 2.37. The molecule has 1 rings (SSSR count). The Kier molecular flexibility index (Phi) is 7.87. The zero-order chi connectivity index (χ0) is 12.5. The van der Waals surface area contributed by atoms with E-state index in [1.54, 1.807) is 0 Å². The van der Waals surface area contributed by atoms with Gasteiger partial charge in [-0.1, -0.05) is 20.3 Å². The molecule has 1 aliphatic carbocycles. The van der Waals surface area contributed by atoms with Gasteiger partial charge in [-0.15, -0.1) is 0 Å². The van der Waals surface area contributed by atoms with E-state index in [2.05, 4.69) is 19.2 Å². The molecule has 2 nitrogen and oxygen atoms in total. The first-order chi connectivity index (χ1) is 8.31. The van der Waals surface area contributed by atoms with Crippen LogP contribution in [0, 0.1) is 11.8 Å². The lowest BCUT2D eigenvalue weighted by atomic mass is 9.75. The van der Waals surface area contributed by atoms with E-state index < -0.39 is 0 Å². The number of hydrogen-bond acceptors (Lipinski definition) is 2. The summed E-state index contributed by atoms with van der Waals surface area (Å²) in [5.41, 5.74) is 0. The molecule has 102 valence electrons. The summed E-state index contributed by atoms with van der Waals surface area (Å²) in [4.78, 5) is 0. The normalized spacial score (nSPS) is 29.5. The third-order valence-electron chi connectivity index (χ3n) is 4.25. The van der Waals surface area contributed by atoms with E-state index in [-0.39, 0.29) is 0 Å². The largest absolute Gasteiger partial charge is 0.385 e. The maximum atomic E-state index is 5.18. The Labute approximate surface area is 108 Å². The summed E-state index contributed by atoms with van der Waals surface area (Å²) < 4.78 is 5.18. The van der Waals surface area contributed by atoms with Crippen LogP contribution in [0.5, 0.6) is 0 Å². The molecular weight excluding hydrogens is 210 g/mol. The zero-order valence-corrected chi connectivity index (χ0v) is 12.0. The maximum absolute atomic E-state index is 5.18. The van der Waals surface area contributed by atoms with Gasteiger partial charge in [0.2, 0.25) is 0 Å². The van der Waals surface area contributed by atoms with E-state index in [1.807, 2.05) is 7.11 Å². The van der Waals surface area contributed by atoms with Gasteiger partial charge in [0.15, 0.2) is 0 Å². The number of methoxy groups -OCH3 is 1. The molecule has 0 radical (unpaired) electrons. The Morgan fingerprint density at radius 3 is 2.71 bits per heavy atom. The molecule has 0 aromatic rings. The van der Waals surface area contributed by atoms with Crippen molar-refractivity contribution in [2.75, 3.05) is 20.3 Å². The Hall–Kier alpha value is -0.0800. The monoisotopic (exact) mass is 241 g/mol. The average molecular weight is 241 g/mol. The molecule has 0 bridgehead atoms. The lowest BCUT2D eigenvalue weighted by Gasteiger charge is -2.36. The second-order valence-electron chi connectivity index (χ2n) is 5.54. The summed E-state index contributed by atoms with van der Waals surface area (Å²) in [5.74, 6) is 1.86. The van der Waals surface area contributed by atoms with Crippen LogP contribution in [0.1, 0.15) is 58.8 Å². The van der Waals surface area contributed by atoms with Crippen molar-refractivity contribution >= 4 is 0 Å². The van der Waals surface area contributed by atoms with Gasteiger partial charge < -0.3 is 10.1 Å². The highest BCUT2D eigenvalue weighted by Gasteiger charge is 2.28. The molecule has 0 saturated heterocycles. The Bertz CT molecular complexity index is 184. The van der Waals surface area contributed by atoms with Crippen molar-refractivity contribution in [1.29, 1.82) is 0 Å². The molecule has 1 saturated carbocycles. The van der Waals surface area contributed by atoms with Gasteiger partial charge >= 0.3 is 0 Å². The summed E-state index contributed by atoms with van der Waals surface area (Å²) in [6, 6.07) is 0.773. The summed E-state index contributed by atoms with van der Waals surface area (Å²) in [6.07, 6.45) is 9.42. The minimum absolute atomic E-state index is 0.773. The van der Waals surface area contributed by atoms with Crippen LogP contribution >= 0.6 is 0 Å². The van der Waals surface area contributed by atoms with Gasteiger partial charge in [0.1, 0.15) is 0 Å². The van der Waals surface area contributed by atoms with Crippen molar-refractivity contribution in [2.24, 2.45) is 11.8 Å². The highest BCUT2D eigenvalue weighted by molar-refractivity contribution is 4.84. The van der Waals surface area contributed by atoms with Gasteiger partial charge in [-0.25, -0.2) is 0 Å². The minimum Gasteiger partial charge on any atom is -0.385 e. The Morgan fingerprint density at radius 2 is 2.06 bits per heavy atom. The molecule has 3 unspecified atom stereocenters. The SMILES string of the molecule is CCCNC1CCC(CC)CC1CCCOC. The quantitative estimate of drug-likeness (QED) is 0.656. The number of ether oxygens (including phenoxy) is 1. The summed E-state index contributed by atoms with van der Waals surface area (Å²) >= 11 is 0. The van der Waals surface area contributed by atoms with Crippen molar-refractivity contribution in [3.8, 4) is 0 Å². The van der Waals surface area contributed by atoms with Crippen molar-refractivity contribution < 1.29 is 4.74 Å². The highest BCUT2D eigenvalue weighted by Crippen LogP contribution is 2.33. The lowest BCUT2D eigenvalue weighted by molar-refractivity contribution is 0.154. The van der Waals surface area contributed by atoms with Crippen molar-refractivity contribution in [3.05, 3.63) is 0 Å². The van der Waals surface area contributed by atoms with Crippen LogP contribution < -0.4 is 5.32 Å². The molecule has 0 amide bonds. The van der Waals surface area contributed by atoms with E-state index >= 15 is 0 Å². The fourth-order valence-corrected chi connectivity index (χ4v) is 3.14. The van der Waals surface area contributed by atoms with E-state index in [9.17, 15) is 0 Å². The van der Waals surface area contributed by atoms with Crippen molar-refractivity contribution in [2.45, 2.75) is 64.8 Å². The second kappa shape index (κ2) is 8.93. The van der Waals surface area contributed by atoms with Crippen LogP contribution in [-0.4, -0.2) is 26.3 Å². The summed E-state index contributed by atoms with van der Waals surface area (Å²) in [6.45, 7) is 6.71. The van der Waals surface area contributed by atoms with Crippen LogP contribution in [0.2, 0.25) is 0 Å². The number of rotatable bonds is 8. The molecule has 1 fully saturated rings. The fourth-order valence-electron chi connectivity index (χ4n) is 3.14. The topological polar surface area (TPSA) is 21.3 Å². The molecule has 0 aromatic carbocycles. The first-order valence-corrected chi connectivity index (χ1v) is 7.54. The first kappa shape index (κ1) is 15.0. The van der Waals surface area contributed by atoms with Crippen LogP contribution in [0.15, 0.2) is 0 Å². The number of hydrogen-bond donors (Lipinski definition) is 1. The van der Waals surface area contributed by atoms with Gasteiger partial charge in [-0.05, 0) is 56.9 Å². The molecule has 0 aliphatic heterocycles. The number of nitrogens with one attached hydrogen (secondary N) is 1. The van der Waals surface area contributed by atoms with Crippen molar-refractivity contribution in [3.63, 3.8) is 0 Å². The Morgan fingerprint density at radius 1 is 1.24 bits per heavy atom. The van der Waals surface area contributed by atoms with E-state index in [0.29, 0.717) is 0 Å². The zero-order valence-electron chi connectivity index (χ0n) is 12.0. The third kappa shape index (κ3) is 5.39. The molecule has 2 heteroatoms. The van der Waals surface area contributed by atoms with E-state index in [1.165, 1.54) is 51.5 Å². The molecule has 0 aromatic heterocycles. The molecule has 0 heterocycles. The van der Waals surface area contributed by atoms with Crippen LogP contribution in [0.4, 0.5) is 0 Å². The summed E-state index contributed by atoms with van der Waals surface area (Å²) in [5, 5.41) is 3.75. The fraction of sp³-hybridized carbons (Fsp3) is 1.00. The molecule has 3 atom stereocenters. The second-order valence-corrected chi connectivity index (χ2v) is 5.54. The van der Waals surface area contributed by atoms with Gasteiger partial charge in [-0.2, -0.15) is 0 Å². The summed E-state index contributed by atoms with van der Waals surface area (Å²) in [7, 11) is 1.81. The molecule has 1 N–H and O–H groups in total. The van der Waals surface area contributed by atoms with E-state index in [0.717, 1.165) is 24.5 Å².